The van der Waals surface area contributed by atoms with Crippen molar-refractivity contribution in [3.05, 3.63) is 0 Å². The summed E-state index contributed by atoms with van der Waals surface area (Å²) in [6, 6.07) is 0.101. The highest BCUT2D eigenvalue weighted by Gasteiger charge is 2.44. The third-order valence-electron chi connectivity index (χ3n) is 3.11. The molecular formula is C8H19NO6P2. The van der Waals surface area contributed by atoms with Crippen LogP contribution in [0.15, 0.2) is 0 Å². The number of nitrogens with zero attached hydrogens (tertiary/aromatic N) is 1. The summed E-state index contributed by atoms with van der Waals surface area (Å²) < 4.78 is 22.3. The fourth-order valence-corrected chi connectivity index (χ4v) is 4.46. The normalized spacial score (nSPS) is 24.2. The molecule has 1 rings (SSSR count). The second kappa shape index (κ2) is 5.49. The summed E-state index contributed by atoms with van der Waals surface area (Å²) >= 11 is 0. The second-order valence-corrected chi connectivity index (χ2v) is 8.51. The Kier molecular flexibility index (Phi) is 4.95. The van der Waals surface area contributed by atoms with Gasteiger partial charge >= 0.3 is 15.2 Å². The van der Waals surface area contributed by atoms with Gasteiger partial charge in [0, 0.05) is 12.6 Å². The zero-order valence-electron chi connectivity index (χ0n) is 9.64. The van der Waals surface area contributed by atoms with Gasteiger partial charge in [-0.25, -0.2) is 0 Å². The average Bonchev–Trinajstić information content (AvgIpc) is 2.12. The molecular weight excluding hydrogens is 268 g/mol. The van der Waals surface area contributed by atoms with E-state index in [1.54, 1.807) is 4.90 Å². The predicted molar refractivity (Wildman–Crippen MR) is 62.8 cm³/mol. The molecule has 0 aliphatic carbocycles. The Hall–Kier alpha value is 0.260. The lowest BCUT2D eigenvalue weighted by molar-refractivity contribution is 0.160. The molecule has 1 saturated heterocycles. The molecule has 0 bridgehead atoms. The quantitative estimate of drug-likeness (QED) is 0.557. The van der Waals surface area contributed by atoms with E-state index in [1.165, 1.54) is 0 Å². The molecule has 0 radical (unpaired) electrons. The van der Waals surface area contributed by atoms with Crippen LogP contribution in [0.1, 0.15) is 26.2 Å². The SMILES string of the molecule is CC1CCCCN1CC(P(=O)(O)O)P(=O)(O)O. The van der Waals surface area contributed by atoms with Crippen molar-refractivity contribution in [3.63, 3.8) is 0 Å². The molecule has 1 aliphatic heterocycles. The van der Waals surface area contributed by atoms with E-state index < -0.39 is 20.6 Å². The van der Waals surface area contributed by atoms with Crippen LogP contribution >= 0.6 is 15.2 Å². The fourth-order valence-electron chi connectivity index (χ4n) is 2.05. The van der Waals surface area contributed by atoms with Gasteiger partial charge in [-0.15, -0.1) is 0 Å². The van der Waals surface area contributed by atoms with E-state index in [1.807, 2.05) is 6.92 Å². The van der Waals surface area contributed by atoms with Crippen LogP contribution in [-0.2, 0) is 9.13 Å². The number of rotatable bonds is 4. The van der Waals surface area contributed by atoms with Crippen LogP contribution in [0.4, 0.5) is 0 Å². The molecule has 1 atom stereocenters. The maximum atomic E-state index is 11.1. The average molecular weight is 287 g/mol. The minimum absolute atomic E-state index is 0.101. The van der Waals surface area contributed by atoms with Crippen LogP contribution in [0, 0.1) is 0 Å². The van der Waals surface area contributed by atoms with Crippen molar-refractivity contribution in [2.24, 2.45) is 0 Å². The van der Waals surface area contributed by atoms with Gasteiger partial charge in [-0.1, -0.05) is 6.42 Å². The Morgan fingerprint density at radius 2 is 1.71 bits per heavy atom. The molecule has 9 heteroatoms. The van der Waals surface area contributed by atoms with Crippen molar-refractivity contribution >= 4 is 15.2 Å². The zero-order chi connectivity index (χ0) is 13.3. The first-order chi connectivity index (χ1) is 7.62. The molecule has 0 amide bonds. The molecule has 0 aromatic heterocycles. The number of piperidine rings is 1. The monoisotopic (exact) mass is 287 g/mol. The summed E-state index contributed by atoms with van der Waals surface area (Å²) in [5.74, 6) is 0. The molecule has 0 aromatic rings. The van der Waals surface area contributed by atoms with Gasteiger partial charge in [0.1, 0.15) is 0 Å². The van der Waals surface area contributed by atoms with E-state index in [0.717, 1.165) is 19.3 Å². The van der Waals surface area contributed by atoms with E-state index in [0.29, 0.717) is 6.54 Å². The highest BCUT2D eigenvalue weighted by atomic mass is 31.2. The lowest BCUT2D eigenvalue weighted by Gasteiger charge is -2.35. The Labute approximate surface area is 100 Å². The standard InChI is InChI=1S/C8H19NO6P2/c1-7-4-2-3-5-9(7)6-8(16(10,11)12)17(13,14)15/h7-8H,2-6H2,1H3,(H2,10,11,12)(H2,13,14,15). The Balaban J connectivity index is 2.80. The molecule has 0 spiro atoms. The van der Waals surface area contributed by atoms with Crippen LogP contribution in [0.3, 0.4) is 0 Å². The predicted octanol–water partition coefficient (Wildman–Crippen LogP) is 0.542. The molecule has 102 valence electrons. The van der Waals surface area contributed by atoms with Gasteiger partial charge in [-0.05, 0) is 26.3 Å². The summed E-state index contributed by atoms with van der Waals surface area (Å²) in [4.78, 5) is 37.8. The van der Waals surface area contributed by atoms with Crippen molar-refractivity contribution in [3.8, 4) is 0 Å². The lowest BCUT2D eigenvalue weighted by Crippen LogP contribution is -2.42. The van der Waals surface area contributed by atoms with Crippen LogP contribution in [0.2, 0.25) is 0 Å². The van der Waals surface area contributed by atoms with Gasteiger partial charge in [0.15, 0.2) is 5.40 Å². The molecule has 7 nitrogen and oxygen atoms in total. The third-order valence-corrected chi connectivity index (χ3v) is 6.80. The maximum absolute atomic E-state index is 11.1. The van der Waals surface area contributed by atoms with Gasteiger partial charge in [0.05, 0.1) is 0 Å². The van der Waals surface area contributed by atoms with Crippen molar-refractivity contribution in [1.82, 2.24) is 4.90 Å². The smallest absolute Gasteiger partial charge is 0.324 e. The van der Waals surface area contributed by atoms with Crippen LogP contribution < -0.4 is 0 Å². The van der Waals surface area contributed by atoms with E-state index in [4.69, 9.17) is 19.6 Å². The summed E-state index contributed by atoms with van der Waals surface area (Å²) in [5, 5.41) is -1.91. The third kappa shape index (κ3) is 4.45. The van der Waals surface area contributed by atoms with Crippen molar-refractivity contribution in [1.29, 1.82) is 0 Å². The summed E-state index contributed by atoms with van der Waals surface area (Å²) in [6.07, 6.45) is 2.81. The molecule has 17 heavy (non-hydrogen) atoms. The summed E-state index contributed by atoms with van der Waals surface area (Å²) in [6.45, 7) is 2.27. The number of likely N-dealkylation sites (tertiary alicyclic amines) is 1. The van der Waals surface area contributed by atoms with Crippen LogP contribution in [-0.4, -0.2) is 49.0 Å². The molecule has 1 fully saturated rings. The Morgan fingerprint density at radius 1 is 1.18 bits per heavy atom. The van der Waals surface area contributed by atoms with E-state index >= 15 is 0 Å². The van der Waals surface area contributed by atoms with Gasteiger partial charge in [-0.2, -0.15) is 0 Å². The first-order valence-electron chi connectivity index (χ1n) is 5.47. The van der Waals surface area contributed by atoms with Crippen molar-refractivity contribution < 1.29 is 28.7 Å². The summed E-state index contributed by atoms with van der Waals surface area (Å²) in [7, 11) is -9.59. The Bertz CT molecular complexity index is 328. The van der Waals surface area contributed by atoms with E-state index in [9.17, 15) is 9.13 Å². The second-order valence-electron chi connectivity index (χ2n) is 4.50. The molecule has 4 N–H and O–H groups in total. The van der Waals surface area contributed by atoms with E-state index in [2.05, 4.69) is 0 Å². The molecule has 0 aromatic carbocycles. The first-order valence-corrected chi connectivity index (χ1v) is 8.83. The lowest BCUT2D eigenvalue weighted by atomic mass is 10.0. The zero-order valence-corrected chi connectivity index (χ0v) is 11.4. The minimum atomic E-state index is -4.80. The molecule has 0 saturated carbocycles. The Morgan fingerprint density at radius 3 is 2.12 bits per heavy atom. The number of hydrogen-bond donors (Lipinski definition) is 4. The molecule has 1 heterocycles. The van der Waals surface area contributed by atoms with Gasteiger partial charge in [-0.3, -0.25) is 14.0 Å². The van der Waals surface area contributed by atoms with Crippen molar-refractivity contribution in [2.45, 2.75) is 37.6 Å². The van der Waals surface area contributed by atoms with Crippen LogP contribution in [0.5, 0.6) is 0 Å². The van der Waals surface area contributed by atoms with E-state index in [-0.39, 0.29) is 12.6 Å². The fraction of sp³-hybridized carbons (Fsp3) is 1.00. The van der Waals surface area contributed by atoms with Crippen molar-refractivity contribution in [2.75, 3.05) is 13.1 Å². The summed E-state index contributed by atoms with van der Waals surface area (Å²) in [5.41, 5.74) is 0. The minimum Gasteiger partial charge on any atom is -0.324 e. The topological polar surface area (TPSA) is 118 Å². The molecule has 1 unspecified atom stereocenters. The maximum Gasteiger partial charge on any atom is 0.342 e. The highest BCUT2D eigenvalue weighted by Crippen LogP contribution is 2.60. The number of hydrogen-bond acceptors (Lipinski definition) is 3. The largest absolute Gasteiger partial charge is 0.342 e. The highest BCUT2D eigenvalue weighted by molar-refractivity contribution is 7.70. The van der Waals surface area contributed by atoms with Gasteiger partial charge < -0.3 is 19.6 Å². The first kappa shape index (κ1) is 15.3. The van der Waals surface area contributed by atoms with Crippen LogP contribution in [0.25, 0.3) is 0 Å². The molecule has 1 aliphatic rings. The van der Waals surface area contributed by atoms with Gasteiger partial charge in [0.2, 0.25) is 0 Å². The van der Waals surface area contributed by atoms with Gasteiger partial charge in [0.25, 0.3) is 0 Å².